The molecule has 1 nitrogen and oxygen atoms in total. The van der Waals surface area contributed by atoms with Crippen LogP contribution in [0.1, 0.15) is 1.43 Å². The number of hydrogen-bond donors (Lipinski definition) is 1. The van der Waals surface area contributed by atoms with E-state index in [0.29, 0.717) is 0 Å². The van der Waals surface area contributed by atoms with Gasteiger partial charge in [-0.1, -0.05) is 5.70 Å². The Labute approximate surface area is 89.9 Å². The van der Waals surface area contributed by atoms with E-state index in [1.54, 1.807) is 5.70 Å². The summed E-state index contributed by atoms with van der Waals surface area (Å²) < 4.78 is 0. The molecule has 0 aliphatic heterocycles. The first-order chi connectivity index (χ1) is 2.56. The third-order valence-corrected chi connectivity index (χ3v) is 1.50. The molecule has 0 amide bonds. The van der Waals surface area contributed by atoms with Gasteiger partial charge in [-0.2, -0.15) is 0 Å². The minimum atomic E-state index is -1.87. The summed E-state index contributed by atoms with van der Waals surface area (Å²) in [5.41, 5.74) is 1.63. The Morgan fingerprint density at radius 1 is 1.71 bits per heavy atom. The van der Waals surface area contributed by atoms with Gasteiger partial charge in [0.1, 0.15) is 0 Å². The third-order valence-electron chi connectivity index (χ3n) is 0.500. The van der Waals surface area contributed by atoms with Crippen molar-refractivity contribution in [2.24, 2.45) is 0 Å². The standard InChI is InChI=1S/C4H10OSi.K.H/c1-4-6(2,3)5;;/h4-5H,1H2,2-3H3;;/q;+1;-1. The molecule has 3 heteroatoms. The van der Waals surface area contributed by atoms with E-state index in [0.717, 1.165) is 0 Å². The van der Waals surface area contributed by atoms with Crippen LogP contribution in [0.4, 0.5) is 0 Å². The molecule has 0 saturated heterocycles. The second-order valence-corrected chi connectivity index (χ2v) is 5.57. The van der Waals surface area contributed by atoms with E-state index >= 15 is 0 Å². The monoisotopic (exact) mass is 142 g/mol. The molecule has 0 saturated carbocycles. The number of rotatable bonds is 1. The summed E-state index contributed by atoms with van der Waals surface area (Å²) in [6.45, 7) is 7.08. The molecule has 0 unspecified atom stereocenters. The van der Waals surface area contributed by atoms with E-state index in [4.69, 9.17) is 4.80 Å². The van der Waals surface area contributed by atoms with Crippen LogP contribution >= 0.6 is 0 Å². The first-order valence-corrected chi connectivity index (χ1v) is 4.95. The van der Waals surface area contributed by atoms with Gasteiger partial charge >= 0.3 is 51.4 Å². The van der Waals surface area contributed by atoms with Crippen LogP contribution in [0.25, 0.3) is 0 Å². The van der Waals surface area contributed by atoms with Gasteiger partial charge in [-0.05, 0) is 13.1 Å². The molecule has 1 N–H and O–H groups in total. The summed E-state index contributed by atoms with van der Waals surface area (Å²) in [6.07, 6.45) is 0. The Balaban J connectivity index is -0.000000125. The van der Waals surface area contributed by atoms with E-state index in [9.17, 15) is 0 Å². The zero-order chi connectivity index (χ0) is 5.21. The van der Waals surface area contributed by atoms with Gasteiger partial charge < -0.3 is 6.22 Å². The first kappa shape index (κ1) is 11.4. The summed E-state index contributed by atoms with van der Waals surface area (Å²) in [4.78, 5) is 8.85. The molecule has 0 aromatic rings. The average Bonchev–Trinajstić information content (AvgIpc) is 1.35. The second-order valence-electron chi connectivity index (χ2n) is 1.86. The summed E-state index contributed by atoms with van der Waals surface area (Å²) in [6, 6.07) is 0. The molecule has 7 heavy (non-hydrogen) atoms. The molecule has 0 spiro atoms. The SMILES string of the molecule is C=C[Si](C)(C)O.[H-].[K+]. The molecule has 0 fully saturated rings. The Morgan fingerprint density at radius 3 is 1.86 bits per heavy atom. The van der Waals surface area contributed by atoms with Gasteiger partial charge in [0.2, 0.25) is 8.32 Å². The van der Waals surface area contributed by atoms with Gasteiger partial charge in [0.15, 0.2) is 0 Å². The quantitative estimate of drug-likeness (QED) is 0.421. The second kappa shape index (κ2) is 4.43. The zero-order valence-corrected chi connectivity index (χ0v) is 9.35. The van der Waals surface area contributed by atoms with Gasteiger partial charge in [0.05, 0.1) is 0 Å². The molecule has 0 atom stereocenters. The molecule has 0 bridgehead atoms. The maximum absolute atomic E-state index is 8.85. The largest absolute Gasteiger partial charge is 1.00 e. The summed E-state index contributed by atoms with van der Waals surface area (Å²) in [5.74, 6) is 0. The van der Waals surface area contributed by atoms with Crippen LogP contribution in [-0.4, -0.2) is 13.1 Å². The van der Waals surface area contributed by atoms with E-state index in [1.165, 1.54) is 0 Å². The van der Waals surface area contributed by atoms with Crippen molar-refractivity contribution in [3.05, 3.63) is 12.3 Å². The van der Waals surface area contributed by atoms with Crippen LogP contribution in [0.15, 0.2) is 12.3 Å². The van der Waals surface area contributed by atoms with Crippen molar-refractivity contribution in [3.8, 4) is 0 Å². The van der Waals surface area contributed by atoms with Gasteiger partial charge in [0.25, 0.3) is 0 Å². The smallest absolute Gasteiger partial charge is 1.00 e. The Bertz CT molecular complexity index is 61.5. The molecular formula is C4H11KOSi. The molecular weight excluding hydrogens is 131 g/mol. The van der Waals surface area contributed by atoms with E-state index in [2.05, 4.69) is 6.58 Å². The molecule has 0 aromatic heterocycles. The molecule has 0 aromatic carbocycles. The van der Waals surface area contributed by atoms with E-state index < -0.39 is 8.32 Å². The van der Waals surface area contributed by atoms with Crippen LogP contribution in [0, 0.1) is 0 Å². The van der Waals surface area contributed by atoms with Crippen molar-refractivity contribution in [1.29, 1.82) is 0 Å². The minimum absolute atomic E-state index is 0. The molecule has 0 aliphatic rings. The Hall–Kier alpha value is 1.55. The van der Waals surface area contributed by atoms with E-state index in [-0.39, 0.29) is 52.8 Å². The van der Waals surface area contributed by atoms with Crippen molar-refractivity contribution >= 4 is 8.32 Å². The maximum Gasteiger partial charge on any atom is 1.00 e. The molecule has 0 rings (SSSR count). The summed E-state index contributed by atoms with van der Waals surface area (Å²) in [5, 5.41) is 0. The van der Waals surface area contributed by atoms with Crippen LogP contribution in [0.5, 0.6) is 0 Å². The van der Waals surface area contributed by atoms with Crippen molar-refractivity contribution in [1.82, 2.24) is 0 Å². The predicted molar refractivity (Wildman–Crippen MR) is 31.0 cm³/mol. The molecule has 0 heterocycles. The van der Waals surface area contributed by atoms with Crippen LogP contribution < -0.4 is 51.4 Å². The van der Waals surface area contributed by atoms with Crippen LogP contribution in [-0.2, 0) is 0 Å². The normalized spacial score (nSPS) is 9.57. The van der Waals surface area contributed by atoms with Gasteiger partial charge in [-0.15, -0.1) is 6.58 Å². The van der Waals surface area contributed by atoms with Crippen molar-refractivity contribution in [2.75, 3.05) is 0 Å². The molecule has 38 valence electrons. The van der Waals surface area contributed by atoms with Gasteiger partial charge in [-0.3, -0.25) is 0 Å². The minimum Gasteiger partial charge on any atom is -1.00 e. The van der Waals surface area contributed by atoms with Gasteiger partial charge in [-0.25, -0.2) is 0 Å². The van der Waals surface area contributed by atoms with Crippen molar-refractivity contribution in [2.45, 2.75) is 13.1 Å². The number of hydrogen-bond acceptors (Lipinski definition) is 1. The fourth-order valence-corrected chi connectivity index (χ4v) is 0. The Morgan fingerprint density at radius 2 is 1.86 bits per heavy atom. The first-order valence-electron chi connectivity index (χ1n) is 1.92. The average molecular weight is 142 g/mol. The molecule has 0 aliphatic carbocycles. The Kier molecular flexibility index (Phi) is 7.20. The maximum atomic E-state index is 8.85. The third kappa shape index (κ3) is 11.2. The van der Waals surface area contributed by atoms with Gasteiger partial charge in [0, 0.05) is 0 Å². The van der Waals surface area contributed by atoms with Crippen molar-refractivity contribution in [3.63, 3.8) is 0 Å². The van der Waals surface area contributed by atoms with Crippen molar-refractivity contribution < 1.29 is 57.6 Å². The van der Waals surface area contributed by atoms with Crippen LogP contribution in [0.3, 0.4) is 0 Å². The topological polar surface area (TPSA) is 20.2 Å². The predicted octanol–water partition coefficient (Wildman–Crippen LogP) is -1.97. The fraction of sp³-hybridized carbons (Fsp3) is 0.500. The van der Waals surface area contributed by atoms with E-state index in [1.807, 2.05) is 13.1 Å². The summed E-state index contributed by atoms with van der Waals surface area (Å²) >= 11 is 0. The zero-order valence-electron chi connectivity index (χ0n) is 6.23. The van der Waals surface area contributed by atoms with Crippen LogP contribution in [0.2, 0.25) is 13.1 Å². The fourth-order valence-electron chi connectivity index (χ4n) is 0. The molecule has 0 radical (unpaired) electrons. The summed E-state index contributed by atoms with van der Waals surface area (Å²) in [7, 11) is -1.87.